The molecule has 0 fully saturated rings. The molecule has 1 N–H and O–H groups in total. The number of aromatic amines is 1. The van der Waals surface area contributed by atoms with Gasteiger partial charge in [0, 0.05) is 0 Å². The van der Waals surface area contributed by atoms with E-state index in [1.165, 1.54) is 0 Å². The largest absolute Gasteiger partial charge is 0.332 e. The van der Waals surface area contributed by atoms with Crippen molar-refractivity contribution in [1.29, 1.82) is 0 Å². The van der Waals surface area contributed by atoms with Crippen LogP contribution in [0.15, 0.2) is 10.8 Å². The van der Waals surface area contributed by atoms with E-state index in [2.05, 4.69) is 25.9 Å². The van der Waals surface area contributed by atoms with Crippen molar-refractivity contribution in [1.82, 2.24) is 9.97 Å². The Hall–Kier alpha value is 0.0400. The smallest absolute Gasteiger partial charge is 0.175 e. The van der Waals surface area contributed by atoms with Gasteiger partial charge in [0.05, 0.1) is 20.6 Å². The molecule has 1 aromatic heterocycles. The molecule has 0 radical (unpaired) electrons. The minimum atomic E-state index is 0.329. The highest BCUT2D eigenvalue weighted by atomic mass is 79.9. The van der Waals surface area contributed by atoms with E-state index in [0.29, 0.717) is 25.3 Å². The Balaban J connectivity index is 2.92. The fourth-order valence-electron chi connectivity index (χ4n) is 1.03. The predicted molar refractivity (Wildman–Crippen MR) is 58.8 cm³/mol. The van der Waals surface area contributed by atoms with Gasteiger partial charge in [-0.05, 0) is 22.0 Å². The molecule has 0 saturated heterocycles. The summed E-state index contributed by atoms with van der Waals surface area (Å²) in [5.41, 5.74) is 1.37. The fourth-order valence-corrected chi connectivity index (χ4v) is 2.06. The molecule has 0 bridgehead atoms. The predicted octanol–water partition coefficient (Wildman–Crippen LogP) is 4.29. The minimum absolute atomic E-state index is 0.329. The van der Waals surface area contributed by atoms with Crippen LogP contribution in [-0.2, 0) is 0 Å². The molecular formula is C7H2BrCl3N2. The highest BCUT2D eigenvalue weighted by Crippen LogP contribution is 2.36. The molecule has 1 aromatic carbocycles. The zero-order valence-corrected chi connectivity index (χ0v) is 9.89. The minimum Gasteiger partial charge on any atom is -0.332 e. The summed E-state index contributed by atoms with van der Waals surface area (Å²) in [4.78, 5) is 7.05. The van der Waals surface area contributed by atoms with Crippen molar-refractivity contribution in [2.24, 2.45) is 0 Å². The molecule has 0 unspecified atom stereocenters. The first-order valence-corrected chi connectivity index (χ1v) is 5.21. The van der Waals surface area contributed by atoms with Crippen LogP contribution in [0.2, 0.25) is 15.1 Å². The van der Waals surface area contributed by atoms with Gasteiger partial charge in [0.25, 0.3) is 0 Å². The molecule has 1 heterocycles. The summed E-state index contributed by atoms with van der Waals surface area (Å²) >= 11 is 20.8. The highest BCUT2D eigenvalue weighted by molar-refractivity contribution is 9.10. The van der Waals surface area contributed by atoms with E-state index >= 15 is 0 Å². The summed E-state index contributed by atoms with van der Waals surface area (Å²) in [6.45, 7) is 0. The lowest BCUT2D eigenvalue weighted by Gasteiger charge is -1.98. The van der Waals surface area contributed by atoms with Crippen LogP contribution in [0.3, 0.4) is 0 Å². The first-order chi connectivity index (χ1) is 6.09. The maximum absolute atomic E-state index is 5.92. The van der Waals surface area contributed by atoms with Gasteiger partial charge in [-0.3, -0.25) is 0 Å². The number of imidazole rings is 1. The average Bonchev–Trinajstić information content (AvgIpc) is 2.42. The summed E-state index contributed by atoms with van der Waals surface area (Å²) in [5.74, 6) is 0. The molecule has 0 amide bonds. The van der Waals surface area contributed by atoms with E-state index < -0.39 is 0 Å². The fraction of sp³-hybridized carbons (Fsp3) is 0. The van der Waals surface area contributed by atoms with Gasteiger partial charge in [-0.2, -0.15) is 0 Å². The van der Waals surface area contributed by atoms with Gasteiger partial charge < -0.3 is 4.98 Å². The van der Waals surface area contributed by atoms with Gasteiger partial charge in [-0.25, -0.2) is 4.98 Å². The molecule has 2 rings (SSSR count). The van der Waals surface area contributed by atoms with Crippen molar-refractivity contribution >= 4 is 61.8 Å². The van der Waals surface area contributed by atoms with Crippen molar-refractivity contribution in [3.8, 4) is 0 Å². The van der Waals surface area contributed by atoms with Gasteiger partial charge in [-0.1, -0.05) is 34.8 Å². The van der Waals surface area contributed by atoms with E-state index in [1.807, 2.05) is 0 Å². The van der Waals surface area contributed by atoms with Crippen LogP contribution in [0.4, 0.5) is 0 Å². The molecule has 2 nitrogen and oxygen atoms in total. The van der Waals surface area contributed by atoms with Crippen molar-refractivity contribution in [2.45, 2.75) is 0 Å². The van der Waals surface area contributed by atoms with Gasteiger partial charge in [0.15, 0.2) is 4.73 Å². The zero-order chi connectivity index (χ0) is 9.59. The Morgan fingerprint density at radius 2 is 1.92 bits per heavy atom. The summed E-state index contributed by atoms with van der Waals surface area (Å²) in [6, 6.07) is 1.68. The Bertz CT molecular complexity index is 480. The molecule has 13 heavy (non-hydrogen) atoms. The standard InChI is InChI=1S/C7H2BrCl3N2/c8-7-12-3-1-2(9)4(10)5(11)6(3)13-7/h1H,(H,12,13). The molecule has 0 saturated carbocycles. The number of nitrogens with one attached hydrogen (secondary N) is 1. The van der Waals surface area contributed by atoms with Crippen LogP contribution in [-0.4, -0.2) is 9.97 Å². The molecule has 68 valence electrons. The summed E-state index contributed by atoms with van der Waals surface area (Å²) < 4.78 is 0.600. The number of hydrogen-bond donors (Lipinski definition) is 1. The van der Waals surface area contributed by atoms with Crippen LogP contribution >= 0.6 is 50.7 Å². The van der Waals surface area contributed by atoms with E-state index in [9.17, 15) is 0 Å². The number of nitrogens with zero attached hydrogens (tertiary/aromatic N) is 1. The van der Waals surface area contributed by atoms with Crippen molar-refractivity contribution in [3.63, 3.8) is 0 Å². The number of fused-ring (bicyclic) bond motifs is 1. The second kappa shape index (κ2) is 3.31. The van der Waals surface area contributed by atoms with Crippen LogP contribution in [0.1, 0.15) is 0 Å². The van der Waals surface area contributed by atoms with Crippen LogP contribution in [0, 0.1) is 0 Å². The number of aromatic nitrogens is 2. The maximum atomic E-state index is 5.92. The highest BCUT2D eigenvalue weighted by Gasteiger charge is 2.11. The topological polar surface area (TPSA) is 28.7 Å². The van der Waals surface area contributed by atoms with Crippen molar-refractivity contribution < 1.29 is 0 Å². The lowest BCUT2D eigenvalue weighted by atomic mass is 10.3. The van der Waals surface area contributed by atoms with Gasteiger partial charge in [0.2, 0.25) is 0 Å². The molecule has 0 aliphatic carbocycles. The number of rotatable bonds is 0. The number of H-pyrrole nitrogens is 1. The zero-order valence-electron chi connectivity index (χ0n) is 6.04. The third-order valence-corrected chi connectivity index (χ3v) is 3.21. The Morgan fingerprint density at radius 3 is 2.62 bits per heavy atom. The van der Waals surface area contributed by atoms with Gasteiger partial charge >= 0.3 is 0 Å². The van der Waals surface area contributed by atoms with Gasteiger partial charge in [0.1, 0.15) is 5.52 Å². The van der Waals surface area contributed by atoms with Crippen molar-refractivity contribution in [3.05, 3.63) is 25.9 Å². The summed E-state index contributed by atoms with van der Waals surface area (Å²) in [7, 11) is 0. The maximum Gasteiger partial charge on any atom is 0.175 e. The average molecular weight is 300 g/mol. The Kier molecular flexibility index (Phi) is 2.45. The molecular weight excluding hydrogens is 298 g/mol. The molecule has 0 aliphatic rings. The van der Waals surface area contributed by atoms with Crippen LogP contribution in [0.5, 0.6) is 0 Å². The normalized spacial score (nSPS) is 11.1. The SMILES string of the molecule is Clc1cc2[nH]c(Br)nc2c(Cl)c1Cl. The third kappa shape index (κ3) is 1.54. The number of hydrogen-bond acceptors (Lipinski definition) is 1. The number of halogens is 4. The van der Waals surface area contributed by atoms with E-state index in [4.69, 9.17) is 34.8 Å². The van der Waals surface area contributed by atoms with Gasteiger partial charge in [-0.15, -0.1) is 0 Å². The molecule has 0 aliphatic heterocycles. The second-order valence-corrected chi connectivity index (χ2v) is 4.32. The van der Waals surface area contributed by atoms with E-state index in [1.54, 1.807) is 6.07 Å². The molecule has 2 aromatic rings. The first kappa shape index (κ1) is 9.59. The van der Waals surface area contributed by atoms with E-state index in [0.717, 1.165) is 5.52 Å². The lowest BCUT2D eigenvalue weighted by molar-refractivity contribution is 1.27. The summed E-state index contributed by atoms with van der Waals surface area (Å²) in [6.07, 6.45) is 0. The molecule has 6 heteroatoms. The monoisotopic (exact) mass is 298 g/mol. The van der Waals surface area contributed by atoms with Crippen LogP contribution < -0.4 is 0 Å². The Labute approximate surface area is 97.3 Å². The quantitative estimate of drug-likeness (QED) is 0.723. The second-order valence-electron chi connectivity index (χ2n) is 2.41. The molecule has 0 spiro atoms. The van der Waals surface area contributed by atoms with E-state index in [-0.39, 0.29) is 0 Å². The number of benzene rings is 1. The summed E-state index contributed by atoms with van der Waals surface area (Å²) in [5, 5.41) is 1.11. The molecule has 0 atom stereocenters. The van der Waals surface area contributed by atoms with Crippen LogP contribution in [0.25, 0.3) is 11.0 Å². The van der Waals surface area contributed by atoms with Crippen molar-refractivity contribution in [2.75, 3.05) is 0 Å². The Morgan fingerprint density at radius 1 is 1.23 bits per heavy atom. The lowest BCUT2D eigenvalue weighted by Crippen LogP contribution is -1.75. The third-order valence-electron chi connectivity index (χ3n) is 1.58. The first-order valence-electron chi connectivity index (χ1n) is 3.28.